The number of carbonyl (C=O) groups is 2. The number of alkyl halides is 2. The molecule has 1 aromatic rings. The third-order valence-electron chi connectivity index (χ3n) is 2.36. The van der Waals surface area contributed by atoms with Crippen LogP contribution < -0.4 is 0 Å². The lowest BCUT2D eigenvalue weighted by atomic mass is 9.91. The van der Waals surface area contributed by atoms with E-state index in [0.29, 0.717) is 0 Å². The number of thioether (sulfide) groups is 1. The summed E-state index contributed by atoms with van der Waals surface area (Å²) in [6, 6.07) is 2.78. The molecule has 20 heavy (non-hydrogen) atoms. The zero-order valence-corrected chi connectivity index (χ0v) is 12.2. The minimum absolute atomic E-state index is 0.0699. The number of pyridine rings is 1. The fourth-order valence-electron chi connectivity index (χ4n) is 1.15. The van der Waals surface area contributed by atoms with Crippen LogP contribution in [0.1, 0.15) is 31.1 Å². The van der Waals surface area contributed by atoms with Gasteiger partial charge in [-0.3, -0.25) is 4.79 Å². The van der Waals surface area contributed by atoms with E-state index in [0.717, 1.165) is 0 Å². The Morgan fingerprint density at radius 1 is 1.40 bits per heavy atom. The number of carbonyl (C=O) groups excluding carboxylic acids is 2. The predicted octanol–water partition coefficient (Wildman–Crippen LogP) is 3.17. The average Bonchev–Trinajstić information content (AvgIpc) is 2.34. The van der Waals surface area contributed by atoms with Gasteiger partial charge in [-0.2, -0.15) is 8.78 Å². The molecule has 0 saturated carbocycles. The first kappa shape index (κ1) is 16.6. The number of ketones is 1. The van der Waals surface area contributed by atoms with Crippen LogP contribution in [0.3, 0.4) is 0 Å². The van der Waals surface area contributed by atoms with E-state index in [2.05, 4.69) is 4.98 Å². The summed E-state index contributed by atoms with van der Waals surface area (Å²) in [5.74, 6) is -3.77. The van der Waals surface area contributed by atoms with Gasteiger partial charge in [-0.15, -0.1) is 0 Å². The molecular weight excluding hydrogens is 288 g/mol. The summed E-state index contributed by atoms with van der Waals surface area (Å²) in [4.78, 5) is 27.2. The number of esters is 1. The molecule has 7 heteroatoms. The van der Waals surface area contributed by atoms with Crippen LogP contribution in [0.15, 0.2) is 23.4 Å². The van der Waals surface area contributed by atoms with E-state index in [1.807, 2.05) is 0 Å². The second kappa shape index (κ2) is 6.78. The van der Waals surface area contributed by atoms with E-state index in [9.17, 15) is 18.4 Å². The lowest BCUT2D eigenvalue weighted by Gasteiger charge is -2.16. The average molecular weight is 303 g/mol. The monoisotopic (exact) mass is 303 g/mol. The summed E-state index contributed by atoms with van der Waals surface area (Å²) in [6.07, 6.45) is 1.31. The maximum Gasteiger partial charge on any atom is 0.341 e. The summed E-state index contributed by atoms with van der Waals surface area (Å²) in [7, 11) is 0. The molecule has 0 atom stereocenters. The zero-order chi connectivity index (χ0) is 15.3. The Kier molecular flexibility index (Phi) is 5.62. The molecule has 1 rings (SSSR count). The molecule has 0 aliphatic rings. The number of rotatable bonds is 5. The van der Waals surface area contributed by atoms with Gasteiger partial charge in [0, 0.05) is 11.6 Å². The first-order valence-corrected chi connectivity index (χ1v) is 6.70. The van der Waals surface area contributed by atoms with E-state index in [4.69, 9.17) is 4.74 Å². The first-order chi connectivity index (χ1) is 9.21. The molecule has 0 aliphatic heterocycles. The fraction of sp³-hybridized carbons (Fsp3) is 0.462. The number of hydrogen-bond acceptors (Lipinski definition) is 5. The summed E-state index contributed by atoms with van der Waals surface area (Å²) in [5, 5.41) is -0.115. The van der Waals surface area contributed by atoms with Gasteiger partial charge in [-0.05, 0) is 23.9 Å². The molecule has 0 radical (unpaired) electrons. The predicted molar refractivity (Wildman–Crippen MR) is 70.8 cm³/mol. The van der Waals surface area contributed by atoms with E-state index in [1.165, 1.54) is 18.3 Å². The number of halogens is 2. The number of hydrogen-bond donors (Lipinski definition) is 0. The third-order valence-corrected chi connectivity index (χ3v) is 3.09. The number of Topliss-reactive ketones (excluding diaryl/α,β-unsaturated/α-hetero) is 1. The van der Waals surface area contributed by atoms with Crippen LogP contribution in [-0.2, 0) is 9.53 Å². The van der Waals surface area contributed by atoms with Crippen molar-refractivity contribution in [3.05, 3.63) is 23.9 Å². The minimum Gasteiger partial charge on any atom is -0.454 e. The SMILES string of the molecule is CC(C)(C)C(=O)COC(=O)c1cccnc1SC(F)F. The normalized spacial score (nSPS) is 11.5. The van der Waals surface area contributed by atoms with Crippen LogP contribution in [0.2, 0.25) is 0 Å². The number of aromatic nitrogens is 1. The van der Waals surface area contributed by atoms with Crippen molar-refractivity contribution >= 4 is 23.5 Å². The van der Waals surface area contributed by atoms with Gasteiger partial charge in [0.1, 0.15) is 5.03 Å². The standard InChI is InChI=1S/C13H15F2NO3S/c1-13(2,3)9(17)7-19-11(18)8-5-4-6-16-10(8)20-12(14)15/h4-6,12H,7H2,1-3H3. The van der Waals surface area contributed by atoms with E-state index < -0.39 is 23.7 Å². The van der Waals surface area contributed by atoms with Crippen molar-refractivity contribution in [3.8, 4) is 0 Å². The summed E-state index contributed by atoms with van der Waals surface area (Å²) < 4.78 is 29.6. The Hall–Kier alpha value is -1.50. The Morgan fingerprint density at radius 3 is 2.60 bits per heavy atom. The molecule has 0 aromatic carbocycles. The molecule has 0 unspecified atom stereocenters. The Bertz CT molecular complexity index is 501. The molecule has 0 bridgehead atoms. The highest BCUT2D eigenvalue weighted by molar-refractivity contribution is 7.99. The minimum atomic E-state index is -2.69. The van der Waals surface area contributed by atoms with Crippen LogP contribution in [0.4, 0.5) is 8.78 Å². The maximum absolute atomic E-state index is 12.4. The van der Waals surface area contributed by atoms with E-state index in [1.54, 1.807) is 20.8 Å². The lowest BCUT2D eigenvalue weighted by molar-refractivity contribution is -0.129. The van der Waals surface area contributed by atoms with Gasteiger partial charge in [0.15, 0.2) is 12.4 Å². The highest BCUT2D eigenvalue weighted by Crippen LogP contribution is 2.26. The zero-order valence-electron chi connectivity index (χ0n) is 11.4. The quantitative estimate of drug-likeness (QED) is 0.618. The van der Waals surface area contributed by atoms with Crippen LogP contribution >= 0.6 is 11.8 Å². The second-order valence-corrected chi connectivity index (χ2v) is 5.96. The molecule has 0 amide bonds. The second-order valence-electron chi connectivity index (χ2n) is 4.98. The maximum atomic E-state index is 12.4. The van der Waals surface area contributed by atoms with Gasteiger partial charge in [-0.25, -0.2) is 9.78 Å². The largest absolute Gasteiger partial charge is 0.454 e. The smallest absolute Gasteiger partial charge is 0.341 e. The Labute approximate surface area is 119 Å². The molecule has 1 aromatic heterocycles. The molecular formula is C13H15F2NO3S. The van der Waals surface area contributed by atoms with Crippen molar-refractivity contribution in [2.75, 3.05) is 6.61 Å². The van der Waals surface area contributed by atoms with E-state index in [-0.39, 0.29) is 28.1 Å². The highest BCUT2D eigenvalue weighted by Gasteiger charge is 2.24. The highest BCUT2D eigenvalue weighted by atomic mass is 32.2. The van der Waals surface area contributed by atoms with Gasteiger partial charge in [0.25, 0.3) is 5.76 Å². The Morgan fingerprint density at radius 2 is 2.05 bits per heavy atom. The van der Waals surface area contributed by atoms with Crippen LogP contribution in [0.5, 0.6) is 0 Å². The van der Waals surface area contributed by atoms with Crippen molar-refractivity contribution in [1.29, 1.82) is 0 Å². The molecule has 0 N–H and O–H groups in total. The van der Waals surface area contributed by atoms with Crippen molar-refractivity contribution in [3.63, 3.8) is 0 Å². The lowest BCUT2D eigenvalue weighted by Crippen LogP contribution is -2.26. The molecule has 0 aliphatic carbocycles. The van der Waals surface area contributed by atoms with Gasteiger partial charge in [0.05, 0.1) is 5.56 Å². The van der Waals surface area contributed by atoms with Crippen molar-refractivity contribution in [2.24, 2.45) is 5.41 Å². The number of nitrogens with zero attached hydrogens (tertiary/aromatic N) is 1. The van der Waals surface area contributed by atoms with Crippen LogP contribution in [-0.4, -0.2) is 29.1 Å². The van der Waals surface area contributed by atoms with Crippen molar-refractivity contribution in [1.82, 2.24) is 4.98 Å². The van der Waals surface area contributed by atoms with Gasteiger partial charge in [0.2, 0.25) is 0 Å². The third kappa shape index (κ3) is 4.88. The molecule has 4 nitrogen and oxygen atoms in total. The molecule has 0 spiro atoms. The first-order valence-electron chi connectivity index (χ1n) is 5.82. The van der Waals surface area contributed by atoms with Gasteiger partial charge in [-0.1, -0.05) is 20.8 Å². The molecule has 0 fully saturated rings. The molecule has 0 saturated heterocycles. The summed E-state index contributed by atoms with van der Waals surface area (Å²) in [5.41, 5.74) is -0.699. The molecule has 1 heterocycles. The van der Waals surface area contributed by atoms with Gasteiger partial charge < -0.3 is 4.74 Å². The van der Waals surface area contributed by atoms with Crippen LogP contribution in [0.25, 0.3) is 0 Å². The van der Waals surface area contributed by atoms with Crippen molar-refractivity contribution in [2.45, 2.75) is 31.6 Å². The van der Waals surface area contributed by atoms with Crippen molar-refractivity contribution < 1.29 is 23.1 Å². The fourth-order valence-corrected chi connectivity index (χ4v) is 1.72. The molecule has 110 valence electrons. The van der Waals surface area contributed by atoms with Gasteiger partial charge >= 0.3 is 5.97 Å². The van der Waals surface area contributed by atoms with E-state index >= 15 is 0 Å². The number of ether oxygens (including phenoxy) is 1. The topological polar surface area (TPSA) is 56.3 Å². The summed E-state index contributed by atoms with van der Waals surface area (Å²) in [6.45, 7) is 4.71. The van der Waals surface area contributed by atoms with Crippen LogP contribution in [0, 0.1) is 5.41 Å². The summed E-state index contributed by atoms with van der Waals surface area (Å²) >= 11 is 0.163. The Balaban J connectivity index is 2.76.